The van der Waals surface area contributed by atoms with Crippen LogP contribution in [0.5, 0.6) is 11.5 Å². The lowest BCUT2D eigenvalue weighted by atomic mass is 9.48. The first-order valence-electron chi connectivity index (χ1n) is 14.0. The van der Waals surface area contributed by atoms with E-state index < -0.39 is 17.1 Å². The number of hydrogen-bond acceptors (Lipinski definition) is 5. The second-order valence-electron chi connectivity index (χ2n) is 12.4. The minimum atomic E-state index is -0.992. The molecule has 2 fully saturated rings. The predicted octanol–water partition coefficient (Wildman–Crippen LogP) is 3.89. The summed E-state index contributed by atoms with van der Waals surface area (Å²) in [5.74, 6) is 1.38. The first kappa shape index (κ1) is 22.2. The first-order valence-corrected chi connectivity index (χ1v) is 14.0. The van der Waals surface area contributed by atoms with Crippen LogP contribution in [0.25, 0.3) is 0 Å². The summed E-state index contributed by atoms with van der Waals surface area (Å²) in [7, 11) is 0. The number of phenols is 1. The summed E-state index contributed by atoms with van der Waals surface area (Å²) in [5.41, 5.74) is 3.70. The molecule has 2 N–H and O–H groups in total. The highest BCUT2D eigenvalue weighted by molar-refractivity contribution is 5.83. The molecular weight excluding hydrogens is 464 g/mol. The van der Waals surface area contributed by atoms with Crippen molar-refractivity contribution < 1.29 is 19.7 Å². The molecule has 1 amide bonds. The molecule has 2 aromatic carbocycles. The highest BCUT2D eigenvalue weighted by Crippen LogP contribution is 2.67. The van der Waals surface area contributed by atoms with Gasteiger partial charge in [-0.25, -0.2) is 0 Å². The number of carbonyl (C=O) groups is 1. The van der Waals surface area contributed by atoms with Gasteiger partial charge in [0.1, 0.15) is 0 Å². The number of aromatic hydroxyl groups is 1. The molecule has 2 bridgehead atoms. The van der Waals surface area contributed by atoms with Crippen LogP contribution in [0.1, 0.15) is 55.7 Å². The van der Waals surface area contributed by atoms with Gasteiger partial charge in [-0.15, -0.1) is 0 Å². The van der Waals surface area contributed by atoms with E-state index in [0.717, 1.165) is 54.2 Å². The number of carbonyl (C=O) groups excluding carboxylic acids is 1. The van der Waals surface area contributed by atoms with Crippen LogP contribution >= 0.6 is 0 Å². The Kier molecular flexibility index (Phi) is 4.43. The molecule has 37 heavy (non-hydrogen) atoms. The summed E-state index contributed by atoms with van der Waals surface area (Å²) in [4.78, 5) is 18.2. The zero-order valence-electron chi connectivity index (χ0n) is 21.3. The molecule has 192 valence electrons. The van der Waals surface area contributed by atoms with Gasteiger partial charge in [0, 0.05) is 30.5 Å². The number of phenolic OH excluding ortho intramolecular Hbond substituents is 1. The minimum Gasteiger partial charge on any atom is -0.504 e. The third kappa shape index (κ3) is 2.81. The molecule has 3 aliphatic carbocycles. The smallest absolute Gasteiger partial charge is 0.230 e. The van der Waals surface area contributed by atoms with Gasteiger partial charge in [0.05, 0.1) is 23.3 Å². The number of benzene rings is 2. The van der Waals surface area contributed by atoms with Crippen LogP contribution in [0.3, 0.4) is 0 Å². The van der Waals surface area contributed by atoms with Gasteiger partial charge in [-0.2, -0.15) is 0 Å². The van der Waals surface area contributed by atoms with Crippen molar-refractivity contribution in [2.24, 2.45) is 11.8 Å². The second-order valence-corrected chi connectivity index (χ2v) is 12.4. The van der Waals surface area contributed by atoms with Gasteiger partial charge in [-0.3, -0.25) is 9.69 Å². The van der Waals surface area contributed by atoms with Gasteiger partial charge in [0.2, 0.25) is 5.91 Å². The molecule has 1 saturated heterocycles. The third-order valence-electron chi connectivity index (χ3n) is 10.3. The van der Waals surface area contributed by atoms with Crippen molar-refractivity contribution in [2.75, 3.05) is 13.1 Å². The fourth-order valence-electron chi connectivity index (χ4n) is 8.53. The minimum absolute atomic E-state index is 0.0144. The molecular formula is C31H34N2O4. The summed E-state index contributed by atoms with van der Waals surface area (Å²) in [5, 5.41) is 23.9. The third-order valence-corrected chi connectivity index (χ3v) is 10.3. The Morgan fingerprint density at radius 3 is 2.70 bits per heavy atom. The average molecular weight is 499 g/mol. The van der Waals surface area contributed by atoms with Crippen LogP contribution in [0.2, 0.25) is 0 Å². The molecule has 3 aliphatic heterocycles. The summed E-state index contributed by atoms with van der Waals surface area (Å²) < 4.78 is 6.74. The number of nitrogens with zero attached hydrogens (tertiary/aromatic N) is 2. The number of amides is 1. The van der Waals surface area contributed by atoms with E-state index in [1.165, 1.54) is 18.4 Å². The van der Waals surface area contributed by atoms with Gasteiger partial charge < -0.3 is 19.8 Å². The molecule has 6 nitrogen and oxygen atoms in total. The van der Waals surface area contributed by atoms with E-state index in [9.17, 15) is 15.0 Å². The van der Waals surface area contributed by atoms with E-state index in [2.05, 4.69) is 17.0 Å². The number of ether oxygens (including phenoxy) is 1. The number of aliphatic hydroxyl groups is 1. The van der Waals surface area contributed by atoms with Crippen molar-refractivity contribution in [3.8, 4) is 11.5 Å². The van der Waals surface area contributed by atoms with Crippen molar-refractivity contribution in [1.29, 1.82) is 0 Å². The molecule has 6 aliphatic rings. The Hall–Kier alpha value is -2.83. The predicted molar refractivity (Wildman–Crippen MR) is 138 cm³/mol. The largest absolute Gasteiger partial charge is 0.504 e. The van der Waals surface area contributed by atoms with E-state index in [-0.39, 0.29) is 23.6 Å². The maximum atomic E-state index is 13.7. The highest BCUT2D eigenvalue weighted by Gasteiger charge is 2.73. The van der Waals surface area contributed by atoms with Crippen LogP contribution in [0.4, 0.5) is 0 Å². The topological polar surface area (TPSA) is 73.2 Å². The average Bonchev–Trinajstić information content (AvgIpc) is 3.63. The molecule has 1 spiro atoms. The quantitative estimate of drug-likeness (QED) is 0.669. The second kappa shape index (κ2) is 7.39. The lowest BCUT2D eigenvalue weighted by molar-refractivity contribution is -0.173. The number of rotatable bonds is 4. The van der Waals surface area contributed by atoms with Gasteiger partial charge in [-0.1, -0.05) is 43.3 Å². The number of fused-ring (bicyclic) bond motifs is 1. The lowest BCUT2D eigenvalue weighted by Crippen LogP contribution is -2.76. The number of hydrogen-bond donors (Lipinski definition) is 2. The monoisotopic (exact) mass is 498 g/mol. The van der Waals surface area contributed by atoms with Crippen molar-refractivity contribution in [2.45, 2.75) is 75.2 Å². The van der Waals surface area contributed by atoms with Gasteiger partial charge in [-0.05, 0) is 67.3 Å². The van der Waals surface area contributed by atoms with Crippen LogP contribution in [-0.4, -0.2) is 56.8 Å². The SMILES string of the molecule is C[C@H]1CC2=C([C@@H]3Oc4c(O)ccc5c4[C@@]34CCN(CC3CC3)[C@H](C5)[C@]4(O)C2)N(Cc2ccccc2)C1=O. The van der Waals surface area contributed by atoms with Crippen molar-refractivity contribution in [3.63, 3.8) is 0 Å². The Bertz CT molecular complexity index is 1350. The molecule has 0 radical (unpaired) electrons. The van der Waals surface area contributed by atoms with E-state index in [0.29, 0.717) is 25.1 Å². The summed E-state index contributed by atoms with van der Waals surface area (Å²) >= 11 is 0. The van der Waals surface area contributed by atoms with E-state index in [1.54, 1.807) is 6.07 Å². The van der Waals surface area contributed by atoms with E-state index >= 15 is 0 Å². The zero-order valence-corrected chi connectivity index (χ0v) is 21.3. The van der Waals surface area contributed by atoms with Gasteiger partial charge in [0.25, 0.3) is 0 Å². The molecule has 5 atom stereocenters. The number of piperidine rings is 1. The Morgan fingerprint density at radius 1 is 1.11 bits per heavy atom. The van der Waals surface area contributed by atoms with Crippen molar-refractivity contribution >= 4 is 5.91 Å². The van der Waals surface area contributed by atoms with Crippen LogP contribution in [0, 0.1) is 11.8 Å². The molecule has 0 aromatic heterocycles. The zero-order chi connectivity index (χ0) is 25.1. The fraction of sp³-hybridized carbons (Fsp3) is 0.516. The fourth-order valence-corrected chi connectivity index (χ4v) is 8.53. The molecule has 3 heterocycles. The molecule has 2 aromatic rings. The van der Waals surface area contributed by atoms with Crippen LogP contribution in [-0.2, 0) is 23.2 Å². The first-order chi connectivity index (χ1) is 17.9. The van der Waals surface area contributed by atoms with Crippen molar-refractivity contribution in [3.05, 3.63) is 70.4 Å². The summed E-state index contributed by atoms with van der Waals surface area (Å²) in [6.45, 7) is 4.46. The Labute approximate surface area is 217 Å². The Morgan fingerprint density at radius 2 is 1.92 bits per heavy atom. The van der Waals surface area contributed by atoms with Gasteiger partial charge >= 0.3 is 0 Å². The van der Waals surface area contributed by atoms with E-state index in [4.69, 9.17) is 4.74 Å². The van der Waals surface area contributed by atoms with E-state index in [1.807, 2.05) is 36.1 Å². The van der Waals surface area contributed by atoms with Gasteiger partial charge in [0.15, 0.2) is 17.6 Å². The summed E-state index contributed by atoms with van der Waals surface area (Å²) in [6.07, 6.45) is 4.85. The molecule has 1 saturated carbocycles. The van der Waals surface area contributed by atoms with Crippen LogP contribution in [0.15, 0.2) is 53.7 Å². The molecule has 6 heteroatoms. The van der Waals surface area contributed by atoms with Crippen molar-refractivity contribution in [1.82, 2.24) is 9.80 Å². The highest BCUT2D eigenvalue weighted by atomic mass is 16.5. The maximum Gasteiger partial charge on any atom is 0.230 e. The lowest BCUT2D eigenvalue weighted by Gasteiger charge is -2.64. The maximum absolute atomic E-state index is 13.7. The standard InChI is InChI=1S/C31H34N2O4/c1-18-13-22-15-31(36)24-14-21-9-10-23(34)27-25(21)30(31,11-12-32(24)16-20-7-8-20)28(37-27)26(22)33(29(18)35)17-19-5-3-2-4-6-19/h2-6,9-10,18,20,24,28,34,36H,7-8,11-17H2,1H3/t18-,24+,28-,30-,31+/m0/s1. The number of likely N-dealkylation sites (tertiary alicyclic amines) is 1. The normalized spacial score (nSPS) is 35.8. The molecule has 0 unspecified atom stereocenters. The van der Waals surface area contributed by atoms with Crippen LogP contribution < -0.4 is 4.74 Å². The molecule has 8 rings (SSSR count). The summed E-state index contributed by atoms with van der Waals surface area (Å²) in [6, 6.07) is 13.9. The Balaban J connectivity index is 1.32.